The third-order valence-corrected chi connectivity index (χ3v) is 5.73. The predicted molar refractivity (Wildman–Crippen MR) is 116 cm³/mol. The molecule has 0 fully saturated rings. The Bertz CT molecular complexity index is 1300. The zero-order chi connectivity index (χ0) is 21.5. The maximum absolute atomic E-state index is 14.5. The number of aromatic nitrogens is 5. The van der Waals surface area contributed by atoms with E-state index in [4.69, 9.17) is 4.74 Å². The quantitative estimate of drug-likeness (QED) is 0.527. The van der Waals surface area contributed by atoms with Crippen molar-refractivity contribution in [2.24, 2.45) is 0 Å². The number of halogens is 1. The second-order valence-electron chi connectivity index (χ2n) is 7.63. The van der Waals surface area contributed by atoms with Crippen molar-refractivity contribution in [3.8, 4) is 16.9 Å². The molecular weight excluding hydrogens is 395 g/mol. The van der Waals surface area contributed by atoms with E-state index in [1.807, 2.05) is 30.6 Å². The first kappa shape index (κ1) is 19.4. The summed E-state index contributed by atoms with van der Waals surface area (Å²) < 4.78 is 22.0. The number of nitrogens with one attached hydrogen (secondary N) is 1. The highest BCUT2D eigenvalue weighted by molar-refractivity contribution is 5.83. The third-order valence-electron chi connectivity index (χ3n) is 5.73. The fourth-order valence-corrected chi connectivity index (χ4v) is 4.19. The van der Waals surface area contributed by atoms with Gasteiger partial charge < -0.3 is 10.1 Å². The topological polar surface area (TPSA) is 77.2 Å². The SMILES string of the molecule is CCc1ncn2c(NCc3c(F)ccc4c3CCO4)ncc(-c3cnc(C)nc3C)c12. The van der Waals surface area contributed by atoms with E-state index in [2.05, 4.69) is 32.2 Å². The van der Waals surface area contributed by atoms with Gasteiger partial charge in [0.1, 0.15) is 23.7 Å². The van der Waals surface area contributed by atoms with Gasteiger partial charge >= 0.3 is 0 Å². The molecular formula is C23H23FN6O. The molecule has 0 radical (unpaired) electrons. The van der Waals surface area contributed by atoms with Gasteiger partial charge in [-0.1, -0.05) is 6.92 Å². The van der Waals surface area contributed by atoms with E-state index < -0.39 is 0 Å². The normalized spacial score (nSPS) is 12.8. The number of fused-ring (bicyclic) bond motifs is 2. The van der Waals surface area contributed by atoms with Crippen LogP contribution in [0.15, 0.2) is 30.9 Å². The van der Waals surface area contributed by atoms with Crippen LogP contribution in [0.25, 0.3) is 16.6 Å². The molecule has 3 aromatic heterocycles. The molecule has 1 aromatic carbocycles. The number of ether oxygens (including phenoxy) is 1. The van der Waals surface area contributed by atoms with E-state index in [1.54, 1.807) is 12.4 Å². The van der Waals surface area contributed by atoms with Gasteiger partial charge in [0.25, 0.3) is 0 Å². The summed E-state index contributed by atoms with van der Waals surface area (Å²) in [5.41, 5.74) is 6.20. The van der Waals surface area contributed by atoms with Crippen LogP contribution < -0.4 is 10.1 Å². The summed E-state index contributed by atoms with van der Waals surface area (Å²) in [7, 11) is 0. The molecule has 0 unspecified atom stereocenters. The first-order valence-electron chi connectivity index (χ1n) is 10.4. The molecule has 0 amide bonds. The number of imidazole rings is 1. The minimum absolute atomic E-state index is 0.239. The van der Waals surface area contributed by atoms with E-state index in [9.17, 15) is 4.39 Å². The summed E-state index contributed by atoms with van der Waals surface area (Å²) in [5, 5.41) is 3.30. The second kappa shape index (κ2) is 7.61. The van der Waals surface area contributed by atoms with Gasteiger partial charge in [0.2, 0.25) is 5.95 Å². The standard InChI is InChI=1S/C23H23FN6O/c1-4-20-22-18(16-9-25-14(3)29-13(16)2)11-27-23(30(22)12-28-20)26-10-17-15-7-8-31-21(15)6-5-19(17)24/h5-6,9,11-12H,4,7-8,10H2,1-3H3,(H,26,27). The van der Waals surface area contributed by atoms with Crippen LogP contribution in [0.3, 0.4) is 0 Å². The number of rotatable bonds is 5. The second-order valence-corrected chi connectivity index (χ2v) is 7.63. The van der Waals surface area contributed by atoms with Crippen LogP contribution in [-0.4, -0.2) is 30.9 Å². The van der Waals surface area contributed by atoms with Crippen LogP contribution >= 0.6 is 0 Å². The van der Waals surface area contributed by atoms with E-state index in [-0.39, 0.29) is 5.82 Å². The van der Waals surface area contributed by atoms with E-state index >= 15 is 0 Å². The first-order chi connectivity index (χ1) is 15.1. The Morgan fingerprint density at radius 2 is 1.97 bits per heavy atom. The summed E-state index contributed by atoms with van der Waals surface area (Å²) in [4.78, 5) is 18.1. The van der Waals surface area contributed by atoms with Crippen molar-refractivity contribution in [2.45, 2.75) is 40.2 Å². The largest absolute Gasteiger partial charge is 0.493 e. The zero-order valence-corrected chi connectivity index (χ0v) is 17.7. The molecule has 31 heavy (non-hydrogen) atoms. The predicted octanol–water partition coefficient (Wildman–Crippen LogP) is 4.05. The molecule has 0 bridgehead atoms. The maximum atomic E-state index is 14.5. The van der Waals surface area contributed by atoms with Crippen molar-refractivity contribution in [1.82, 2.24) is 24.3 Å². The van der Waals surface area contributed by atoms with Gasteiger partial charge in [0.05, 0.1) is 17.8 Å². The molecule has 1 N–H and O–H groups in total. The van der Waals surface area contributed by atoms with E-state index in [0.717, 1.165) is 51.6 Å². The zero-order valence-electron chi connectivity index (χ0n) is 17.7. The summed E-state index contributed by atoms with van der Waals surface area (Å²) >= 11 is 0. The lowest BCUT2D eigenvalue weighted by Crippen LogP contribution is -2.10. The first-order valence-corrected chi connectivity index (χ1v) is 10.4. The fourth-order valence-electron chi connectivity index (χ4n) is 4.19. The van der Waals surface area contributed by atoms with Crippen molar-refractivity contribution in [1.29, 1.82) is 0 Å². The Morgan fingerprint density at radius 1 is 1.13 bits per heavy atom. The summed E-state index contributed by atoms with van der Waals surface area (Å²) in [6.07, 6.45) is 6.89. The molecule has 0 aliphatic carbocycles. The molecule has 158 valence electrons. The number of anilines is 1. The molecule has 0 saturated carbocycles. The lowest BCUT2D eigenvalue weighted by Gasteiger charge is -2.14. The van der Waals surface area contributed by atoms with Crippen LogP contribution in [-0.2, 0) is 19.4 Å². The van der Waals surface area contributed by atoms with Gasteiger partial charge in [-0.05, 0) is 32.4 Å². The van der Waals surface area contributed by atoms with Crippen molar-refractivity contribution in [3.05, 3.63) is 65.0 Å². The monoisotopic (exact) mass is 418 g/mol. The number of hydrogen-bond acceptors (Lipinski definition) is 6. The van der Waals surface area contributed by atoms with E-state index in [1.165, 1.54) is 6.07 Å². The number of hydrogen-bond donors (Lipinski definition) is 1. The Hall–Kier alpha value is -3.55. The number of benzene rings is 1. The molecule has 4 heterocycles. The van der Waals surface area contributed by atoms with Crippen molar-refractivity contribution in [3.63, 3.8) is 0 Å². The van der Waals surface area contributed by atoms with Gasteiger partial charge in [0, 0.05) is 53.3 Å². The van der Waals surface area contributed by atoms with Gasteiger partial charge in [0.15, 0.2) is 0 Å². The van der Waals surface area contributed by atoms with Gasteiger partial charge in [-0.25, -0.2) is 24.3 Å². The molecule has 0 spiro atoms. The molecule has 7 nitrogen and oxygen atoms in total. The Morgan fingerprint density at radius 3 is 2.77 bits per heavy atom. The molecule has 1 aliphatic rings. The molecule has 5 rings (SSSR count). The van der Waals surface area contributed by atoms with Crippen LogP contribution in [0.5, 0.6) is 5.75 Å². The third kappa shape index (κ3) is 3.28. The van der Waals surface area contributed by atoms with E-state index in [0.29, 0.717) is 31.1 Å². The van der Waals surface area contributed by atoms with Crippen molar-refractivity contribution in [2.75, 3.05) is 11.9 Å². The van der Waals surface area contributed by atoms with Crippen LogP contribution in [0, 0.1) is 19.7 Å². The van der Waals surface area contributed by atoms with Crippen LogP contribution in [0.2, 0.25) is 0 Å². The van der Waals surface area contributed by atoms with Crippen molar-refractivity contribution < 1.29 is 9.13 Å². The molecule has 0 saturated heterocycles. The number of nitrogens with zero attached hydrogens (tertiary/aromatic N) is 5. The van der Waals surface area contributed by atoms with Crippen LogP contribution in [0.4, 0.5) is 10.3 Å². The fraction of sp³-hybridized carbons (Fsp3) is 0.304. The summed E-state index contributed by atoms with van der Waals surface area (Å²) in [5.74, 6) is 1.86. The van der Waals surface area contributed by atoms with Gasteiger partial charge in [-0.2, -0.15) is 0 Å². The molecule has 1 aliphatic heterocycles. The average molecular weight is 418 g/mol. The van der Waals surface area contributed by atoms with Gasteiger partial charge in [-0.15, -0.1) is 0 Å². The highest BCUT2D eigenvalue weighted by Gasteiger charge is 2.21. The summed E-state index contributed by atoms with van der Waals surface area (Å²) in [6.45, 7) is 6.81. The van der Waals surface area contributed by atoms with Crippen molar-refractivity contribution >= 4 is 11.5 Å². The Balaban J connectivity index is 1.56. The van der Waals surface area contributed by atoms with Gasteiger partial charge in [-0.3, -0.25) is 4.40 Å². The average Bonchev–Trinajstić information content (AvgIpc) is 3.40. The minimum Gasteiger partial charge on any atom is -0.493 e. The molecule has 8 heteroatoms. The lowest BCUT2D eigenvalue weighted by atomic mass is 10.0. The smallest absolute Gasteiger partial charge is 0.208 e. The number of aryl methyl sites for hydroxylation is 3. The molecule has 4 aromatic rings. The lowest BCUT2D eigenvalue weighted by molar-refractivity contribution is 0.356. The Kier molecular flexibility index (Phi) is 4.77. The highest BCUT2D eigenvalue weighted by Crippen LogP contribution is 2.32. The molecule has 0 atom stereocenters. The van der Waals surface area contributed by atoms with Crippen LogP contribution in [0.1, 0.15) is 35.3 Å². The highest BCUT2D eigenvalue weighted by atomic mass is 19.1. The maximum Gasteiger partial charge on any atom is 0.208 e. The minimum atomic E-state index is -0.239. The Labute approximate surface area is 179 Å². The summed E-state index contributed by atoms with van der Waals surface area (Å²) in [6, 6.07) is 3.15.